The Balaban J connectivity index is 1.53. The minimum Gasteiger partial charge on any atom is -0.457 e. The van der Waals surface area contributed by atoms with Gasteiger partial charge in [0.05, 0.1) is 17.5 Å². The molecule has 2 N–H and O–H groups in total. The van der Waals surface area contributed by atoms with Crippen molar-refractivity contribution < 1.29 is 13.9 Å². The Morgan fingerprint density at radius 1 is 1.20 bits per heavy atom. The molecule has 0 radical (unpaired) electrons. The van der Waals surface area contributed by atoms with Crippen LogP contribution in [0.1, 0.15) is 18.9 Å². The first-order valence-electron chi connectivity index (χ1n) is 11.2. The lowest BCUT2D eigenvalue weighted by Crippen LogP contribution is -2.43. The standard InChI is InChI=1S/C25H22FN7O2/c26-21-11-19(35-18-6-2-1-3-7-18)8-9-20(21)23-22-24(28)29-15-30-25(22)33(31-23)16-5-4-10-32(13-16)17(12-27)14-34/h1-3,6-9,11,14-17H,4-5,10,13H2,(H2,28,29,30)/t16-,17?/m1/s1. The van der Waals surface area contributed by atoms with Crippen LogP contribution in [0.25, 0.3) is 22.3 Å². The molecule has 0 amide bonds. The summed E-state index contributed by atoms with van der Waals surface area (Å²) >= 11 is 0. The first-order chi connectivity index (χ1) is 17.1. The quantitative estimate of drug-likeness (QED) is 0.422. The van der Waals surface area contributed by atoms with E-state index in [1.165, 1.54) is 12.4 Å². The fourth-order valence-corrected chi connectivity index (χ4v) is 4.45. The third-order valence-corrected chi connectivity index (χ3v) is 6.12. The van der Waals surface area contributed by atoms with Gasteiger partial charge in [-0.25, -0.2) is 19.0 Å². The number of aromatic nitrogens is 4. The predicted molar refractivity (Wildman–Crippen MR) is 127 cm³/mol. The van der Waals surface area contributed by atoms with Crippen LogP contribution in [0.3, 0.4) is 0 Å². The second-order valence-electron chi connectivity index (χ2n) is 8.31. The van der Waals surface area contributed by atoms with Crippen LogP contribution < -0.4 is 10.5 Å². The lowest BCUT2D eigenvalue weighted by molar-refractivity contribution is -0.111. The molecule has 0 saturated carbocycles. The third kappa shape index (κ3) is 4.29. The molecule has 2 atom stereocenters. The van der Waals surface area contributed by atoms with E-state index in [4.69, 9.17) is 15.6 Å². The average Bonchev–Trinajstić information content (AvgIpc) is 3.26. The van der Waals surface area contributed by atoms with Gasteiger partial charge in [-0.15, -0.1) is 0 Å². The molecule has 3 heterocycles. The van der Waals surface area contributed by atoms with Crippen LogP contribution in [-0.4, -0.2) is 50.1 Å². The van der Waals surface area contributed by atoms with Gasteiger partial charge in [0.25, 0.3) is 0 Å². The number of hydrogen-bond acceptors (Lipinski definition) is 8. The fourth-order valence-electron chi connectivity index (χ4n) is 4.45. The normalized spacial score (nSPS) is 17.1. The summed E-state index contributed by atoms with van der Waals surface area (Å²) in [4.78, 5) is 21.6. The number of ether oxygens (including phenoxy) is 1. The van der Waals surface area contributed by atoms with Crippen molar-refractivity contribution >= 4 is 23.1 Å². The highest BCUT2D eigenvalue weighted by Gasteiger charge is 2.30. The van der Waals surface area contributed by atoms with Crippen molar-refractivity contribution in [2.45, 2.75) is 24.9 Å². The molecule has 1 unspecified atom stereocenters. The molecule has 2 aromatic heterocycles. The summed E-state index contributed by atoms with van der Waals surface area (Å²) in [7, 11) is 0. The molecule has 1 aliphatic heterocycles. The van der Waals surface area contributed by atoms with E-state index in [1.807, 2.05) is 29.2 Å². The first-order valence-corrected chi connectivity index (χ1v) is 11.2. The van der Waals surface area contributed by atoms with E-state index in [0.717, 1.165) is 12.8 Å². The molecule has 35 heavy (non-hydrogen) atoms. The van der Waals surface area contributed by atoms with E-state index < -0.39 is 11.9 Å². The van der Waals surface area contributed by atoms with Gasteiger partial charge in [0.1, 0.15) is 35.2 Å². The van der Waals surface area contributed by atoms with E-state index in [9.17, 15) is 10.1 Å². The number of nitrogens with zero attached hydrogens (tertiary/aromatic N) is 6. The Kier molecular flexibility index (Phi) is 6.08. The van der Waals surface area contributed by atoms with Gasteiger partial charge in [0, 0.05) is 18.2 Å². The SMILES string of the molecule is N#CC(C=O)N1CCC[C@@H](n2nc(-c3ccc(Oc4ccccc4)cc3F)c3c(N)ncnc32)C1. The number of fused-ring (bicyclic) bond motifs is 1. The molecule has 1 fully saturated rings. The number of benzene rings is 2. The molecule has 5 rings (SSSR count). The molecule has 2 aromatic carbocycles. The van der Waals surface area contributed by atoms with Gasteiger partial charge in [-0.2, -0.15) is 10.4 Å². The van der Waals surface area contributed by atoms with Gasteiger partial charge >= 0.3 is 0 Å². The molecule has 0 bridgehead atoms. The Morgan fingerprint density at radius 2 is 2.03 bits per heavy atom. The summed E-state index contributed by atoms with van der Waals surface area (Å²) < 4.78 is 22.8. The van der Waals surface area contributed by atoms with Crippen LogP contribution in [0, 0.1) is 17.1 Å². The van der Waals surface area contributed by atoms with Crippen LogP contribution >= 0.6 is 0 Å². The number of halogens is 1. The summed E-state index contributed by atoms with van der Waals surface area (Å²) in [6.45, 7) is 1.07. The number of hydrogen-bond donors (Lipinski definition) is 1. The zero-order valence-electron chi connectivity index (χ0n) is 18.7. The van der Waals surface area contributed by atoms with E-state index in [2.05, 4.69) is 9.97 Å². The molecule has 1 aliphatic rings. The lowest BCUT2D eigenvalue weighted by atomic mass is 10.0. The molecule has 0 aliphatic carbocycles. The van der Waals surface area contributed by atoms with E-state index in [0.29, 0.717) is 47.6 Å². The van der Waals surface area contributed by atoms with Gasteiger partial charge in [-0.1, -0.05) is 18.2 Å². The van der Waals surface area contributed by atoms with Crippen LogP contribution in [0.15, 0.2) is 54.9 Å². The Labute approximate surface area is 200 Å². The molecular weight excluding hydrogens is 449 g/mol. The molecule has 176 valence electrons. The molecule has 0 spiro atoms. The van der Waals surface area contributed by atoms with E-state index in [-0.39, 0.29) is 17.4 Å². The highest BCUT2D eigenvalue weighted by molar-refractivity contribution is 5.98. The van der Waals surface area contributed by atoms with Crippen molar-refractivity contribution in [3.8, 4) is 28.8 Å². The first kappa shape index (κ1) is 22.4. The van der Waals surface area contributed by atoms with Gasteiger partial charge in [0.2, 0.25) is 0 Å². The monoisotopic (exact) mass is 471 g/mol. The smallest absolute Gasteiger partial charge is 0.164 e. The summed E-state index contributed by atoms with van der Waals surface area (Å²) in [5, 5.41) is 14.5. The highest BCUT2D eigenvalue weighted by Crippen LogP contribution is 2.36. The maximum atomic E-state index is 15.3. The summed E-state index contributed by atoms with van der Waals surface area (Å²) in [5.41, 5.74) is 7.23. The number of nitrogen functional groups attached to an aromatic ring is 1. The predicted octanol–water partition coefficient (Wildman–Crippen LogP) is 3.73. The van der Waals surface area contributed by atoms with Crippen LogP contribution in [-0.2, 0) is 4.79 Å². The maximum absolute atomic E-state index is 15.3. The van der Waals surface area contributed by atoms with Crippen molar-refractivity contribution in [1.82, 2.24) is 24.6 Å². The van der Waals surface area contributed by atoms with Crippen molar-refractivity contribution in [2.24, 2.45) is 0 Å². The fraction of sp³-hybridized carbons (Fsp3) is 0.240. The number of nitrogens with two attached hydrogens (primary N) is 1. The molecule has 10 heteroatoms. The largest absolute Gasteiger partial charge is 0.457 e. The molecule has 4 aromatic rings. The van der Waals surface area contributed by atoms with Crippen molar-refractivity contribution in [3.05, 3.63) is 60.7 Å². The minimum atomic E-state index is -0.826. The second-order valence-corrected chi connectivity index (χ2v) is 8.31. The number of carbonyl (C=O) groups is 1. The number of anilines is 1. The van der Waals surface area contributed by atoms with Crippen LogP contribution in [0.5, 0.6) is 11.5 Å². The number of likely N-dealkylation sites (tertiary alicyclic amines) is 1. The topological polar surface area (TPSA) is 123 Å². The summed E-state index contributed by atoms with van der Waals surface area (Å²) in [6.07, 6.45) is 3.52. The number of nitriles is 1. The number of carbonyl (C=O) groups excluding carboxylic acids is 1. The van der Waals surface area contributed by atoms with Crippen LogP contribution in [0.4, 0.5) is 10.2 Å². The van der Waals surface area contributed by atoms with Crippen LogP contribution in [0.2, 0.25) is 0 Å². The van der Waals surface area contributed by atoms with Crippen molar-refractivity contribution in [2.75, 3.05) is 18.8 Å². The molecular formula is C25H22FN7O2. The van der Waals surface area contributed by atoms with Crippen molar-refractivity contribution in [3.63, 3.8) is 0 Å². The average molecular weight is 471 g/mol. The maximum Gasteiger partial charge on any atom is 0.164 e. The lowest BCUT2D eigenvalue weighted by Gasteiger charge is -2.33. The molecule has 9 nitrogen and oxygen atoms in total. The number of aldehydes is 1. The minimum absolute atomic E-state index is 0.172. The Hall–Kier alpha value is -4.36. The highest BCUT2D eigenvalue weighted by atomic mass is 19.1. The zero-order chi connectivity index (χ0) is 24.4. The van der Waals surface area contributed by atoms with Gasteiger partial charge in [-0.05, 0) is 43.7 Å². The van der Waals surface area contributed by atoms with Gasteiger partial charge < -0.3 is 15.3 Å². The number of rotatable bonds is 6. The Bertz CT molecular complexity index is 1420. The third-order valence-electron chi connectivity index (χ3n) is 6.12. The summed E-state index contributed by atoms with van der Waals surface area (Å²) in [6, 6.07) is 14.7. The van der Waals surface area contributed by atoms with Gasteiger partial charge in [0.15, 0.2) is 18.0 Å². The van der Waals surface area contributed by atoms with Crippen molar-refractivity contribution in [1.29, 1.82) is 5.26 Å². The second kappa shape index (κ2) is 9.48. The molecule has 1 saturated heterocycles. The van der Waals surface area contributed by atoms with Gasteiger partial charge in [-0.3, -0.25) is 4.90 Å². The number of piperidine rings is 1. The summed E-state index contributed by atoms with van der Waals surface area (Å²) in [5.74, 6) is 0.615. The number of para-hydroxylation sites is 1. The Morgan fingerprint density at radius 3 is 2.77 bits per heavy atom. The zero-order valence-corrected chi connectivity index (χ0v) is 18.7. The van der Waals surface area contributed by atoms with E-state index >= 15 is 4.39 Å². The van der Waals surface area contributed by atoms with E-state index in [1.54, 1.807) is 28.9 Å².